The monoisotopic (exact) mass is 195 g/mol. The maximum absolute atomic E-state index is 8.88. The highest BCUT2D eigenvalue weighted by Gasteiger charge is 2.43. The zero-order chi connectivity index (χ0) is 9.86. The van der Waals surface area contributed by atoms with Gasteiger partial charge in [-0.15, -0.1) is 0 Å². The van der Waals surface area contributed by atoms with E-state index in [0.29, 0.717) is 19.6 Å². The van der Waals surface area contributed by atoms with Gasteiger partial charge in [0.25, 0.3) is 0 Å². The van der Waals surface area contributed by atoms with Gasteiger partial charge in [0, 0.05) is 11.8 Å². The van der Waals surface area contributed by atoms with Crippen LogP contribution in [-0.2, 0) is 9.47 Å². The van der Waals surface area contributed by atoms with Gasteiger partial charge >= 0.3 is 0 Å². The van der Waals surface area contributed by atoms with Crippen LogP contribution in [0.4, 0.5) is 0 Å². The summed E-state index contributed by atoms with van der Waals surface area (Å²) in [4.78, 5) is 0. The summed E-state index contributed by atoms with van der Waals surface area (Å²) < 4.78 is 11.2. The highest BCUT2D eigenvalue weighted by molar-refractivity contribution is 4.94. The molecule has 0 bridgehead atoms. The Bertz CT molecular complexity index is 222. The second-order valence-corrected chi connectivity index (χ2v) is 4.33. The molecule has 3 nitrogen and oxygen atoms in total. The van der Waals surface area contributed by atoms with E-state index >= 15 is 0 Å². The van der Waals surface area contributed by atoms with Gasteiger partial charge < -0.3 is 9.47 Å². The molecule has 2 fully saturated rings. The van der Waals surface area contributed by atoms with Crippen LogP contribution in [0.15, 0.2) is 0 Å². The first kappa shape index (κ1) is 9.95. The van der Waals surface area contributed by atoms with Crippen LogP contribution < -0.4 is 0 Å². The van der Waals surface area contributed by atoms with Crippen molar-refractivity contribution < 1.29 is 9.47 Å². The second-order valence-electron chi connectivity index (χ2n) is 4.33. The summed E-state index contributed by atoms with van der Waals surface area (Å²) in [5.41, 5.74) is 0.00347. The van der Waals surface area contributed by atoms with Crippen LogP contribution in [-0.4, -0.2) is 19.5 Å². The smallest absolute Gasteiger partial charge is 0.164 e. The van der Waals surface area contributed by atoms with Gasteiger partial charge in [-0.1, -0.05) is 19.3 Å². The lowest BCUT2D eigenvalue weighted by molar-refractivity contribution is -0.144. The predicted molar refractivity (Wildman–Crippen MR) is 51.4 cm³/mol. The molecule has 0 aromatic rings. The van der Waals surface area contributed by atoms with Crippen molar-refractivity contribution in [3.8, 4) is 6.07 Å². The molecular weight excluding hydrogens is 178 g/mol. The van der Waals surface area contributed by atoms with Crippen LogP contribution >= 0.6 is 0 Å². The first-order valence-electron chi connectivity index (χ1n) is 5.48. The maximum atomic E-state index is 8.88. The number of hydrogen-bond acceptors (Lipinski definition) is 3. The molecule has 3 heteroatoms. The van der Waals surface area contributed by atoms with Crippen molar-refractivity contribution in [3.63, 3.8) is 0 Å². The Balaban J connectivity index is 2.07. The molecule has 0 atom stereocenters. The van der Waals surface area contributed by atoms with Gasteiger partial charge in [0.2, 0.25) is 0 Å². The normalized spacial score (nSPS) is 27.4. The molecule has 1 heterocycles. The predicted octanol–water partition coefficient (Wildman–Crippen LogP) is 2.22. The minimum atomic E-state index is -0.109. The lowest BCUT2D eigenvalue weighted by atomic mass is 9.71. The molecule has 1 saturated heterocycles. The van der Waals surface area contributed by atoms with Crippen molar-refractivity contribution in [2.24, 2.45) is 5.41 Å². The fraction of sp³-hybridized carbons (Fsp3) is 0.909. The molecule has 0 amide bonds. The largest absolute Gasteiger partial charge is 0.350 e. The third-order valence-corrected chi connectivity index (χ3v) is 3.40. The quantitative estimate of drug-likeness (QED) is 0.678. The van der Waals surface area contributed by atoms with Crippen LogP contribution in [0.25, 0.3) is 0 Å². The highest BCUT2D eigenvalue weighted by Crippen LogP contribution is 2.44. The summed E-state index contributed by atoms with van der Waals surface area (Å²) in [6.07, 6.45) is 6.37. The highest BCUT2D eigenvalue weighted by atomic mass is 16.7. The van der Waals surface area contributed by atoms with Crippen LogP contribution in [0.3, 0.4) is 0 Å². The van der Waals surface area contributed by atoms with Gasteiger partial charge in [-0.25, -0.2) is 0 Å². The zero-order valence-electron chi connectivity index (χ0n) is 8.50. The summed E-state index contributed by atoms with van der Waals surface area (Å²) in [5, 5.41) is 8.88. The molecule has 0 unspecified atom stereocenters. The van der Waals surface area contributed by atoms with E-state index in [1.54, 1.807) is 0 Å². The minimum absolute atomic E-state index is 0.00347. The summed E-state index contributed by atoms with van der Waals surface area (Å²) >= 11 is 0. The van der Waals surface area contributed by atoms with Gasteiger partial charge in [-0.2, -0.15) is 5.26 Å². The lowest BCUT2D eigenvalue weighted by Gasteiger charge is -2.38. The molecule has 0 spiro atoms. The Hall–Kier alpha value is -0.590. The summed E-state index contributed by atoms with van der Waals surface area (Å²) in [6.45, 7) is 1.38. The Morgan fingerprint density at radius 3 is 2.36 bits per heavy atom. The standard InChI is InChI=1S/C11H17NO2/c12-7-6-11(4-2-1-3-5-11)10-13-8-9-14-10/h10H,1-6,8-9H2. The Morgan fingerprint density at radius 2 is 1.79 bits per heavy atom. The molecule has 2 aliphatic rings. The summed E-state index contributed by atoms with van der Waals surface area (Å²) in [6, 6.07) is 2.30. The first-order valence-corrected chi connectivity index (χ1v) is 5.48. The number of nitrogens with zero attached hydrogens (tertiary/aromatic N) is 1. The van der Waals surface area contributed by atoms with Gasteiger partial charge in [0.1, 0.15) is 0 Å². The lowest BCUT2D eigenvalue weighted by Crippen LogP contribution is -2.37. The third kappa shape index (κ3) is 1.77. The van der Waals surface area contributed by atoms with E-state index in [-0.39, 0.29) is 11.7 Å². The number of rotatable bonds is 2. The van der Waals surface area contributed by atoms with Crippen LogP contribution in [0.1, 0.15) is 38.5 Å². The van der Waals surface area contributed by atoms with E-state index < -0.39 is 0 Å². The summed E-state index contributed by atoms with van der Waals surface area (Å²) in [5.74, 6) is 0. The fourth-order valence-corrected chi connectivity index (χ4v) is 2.62. The molecule has 0 radical (unpaired) electrons. The van der Waals surface area contributed by atoms with E-state index in [9.17, 15) is 0 Å². The van der Waals surface area contributed by atoms with Crippen LogP contribution in [0.5, 0.6) is 0 Å². The number of ether oxygens (including phenoxy) is 2. The van der Waals surface area contributed by atoms with E-state index in [2.05, 4.69) is 6.07 Å². The van der Waals surface area contributed by atoms with E-state index in [0.717, 1.165) is 12.8 Å². The number of nitriles is 1. The van der Waals surface area contributed by atoms with Gasteiger partial charge in [0.15, 0.2) is 6.29 Å². The van der Waals surface area contributed by atoms with Gasteiger partial charge in [-0.05, 0) is 12.8 Å². The van der Waals surface area contributed by atoms with Crippen molar-refractivity contribution in [2.75, 3.05) is 13.2 Å². The molecule has 1 saturated carbocycles. The van der Waals surface area contributed by atoms with Gasteiger partial charge in [0.05, 0.1) is 19.3 Å². The van der Waals surface area contributed by atoms with Crippen molar-refractivity contribution in [1.29, 1.82) is 5.26 Å². The number of hydrogen-bond donors (Lipinski definition) is 0. The fourth-order valence-electron chi connectivity index (χ4n) is 2.62. The summed E-state index contributed by atoms with van der Waals surface area (Å²) in [7, 11) is 0. The van der Waals surface area contributed by atoms with E-state index in [1.807, 2.05) is 0 Å². The SMILES string of the molecule is N#CCC1(C2OCCO2)CCCCC1. The van der Waals surface area contributed by atoms with Crippen molar-refractivity contribution in [1.82, 2.24) is 0 Å². The molecule has 78 valence electrons. The molecule has 2 rings (SSSR count). The topological polar surface area (TPSA) is 42.2 Å². The molecule has 1 aliphatic carbocycles. The Kier molecular flexibility index (Phi) is 3.05. The van der Waals surface area contributed by atoms with Crippen LogP contribution in [0.2, 0.25) is 0 Å². The van der Waals surface area contributed by atoms with E-state index in [1.165, 1.54) is 19.3 Å². The molecule has 14 heavy (non-hydrogen) atoms. The van der Waals surface area contributed by atoms with Crippen molar-refractivity contribution in [2.45, 2.75) is 44.8 Å². The van der Waals surface area contributed by atoms with Gasteiger partial charge in [-0.3, -0.25) is 0 Å². The molecule has 0 aromatic carbocycles. The van der Waals surface area contributed by atoms with Crippen molar-refractivity contribution >= 4 is 0 Å². The first-order chi connectivity index (χ1) is 6.87. The minimum Gasteiger partial charge on any atom is -0.350 e. The third-order valence-electron chi connectivity index (χ3n) is 3.40. The second kappa shape index (κ2) is 4.29. The molecule has 1 aliphatic heterocycles. The Labute approximate surface area is 85.0 Å². The molecule has 0 aromatic heterocycles. The van der Waals surface area contributed by atoms with E-state index in [4.69, 9.17) is 14.7 Å². The maximum Gasteiger partial charge on any atom is 0.164 e. The van der Waals surface area contributed by atoms with Crippen LogP contribution in [0, 0.1) is 16.7 Å². The Morgan fingerprint density at radius 1 is 1.14 bits per heavy atom. The average Bonchev–Trinajstić information content (AvgIpc) is 2.73. The van der Waals surface area contributed by atoms with Crippen molar-refractivity contribution in [3.05, 3.63) is 0 Å². The molecule has 0 N–H and O–H groups in total. The zero-order valence-corrected chi connectivity index (χ0v) is 8.50. The average molecular weight is 195 g/mol. The molecular formula is C11H17NO2.